The standard InChI is InChI=1S/C21H23N3O3/c1-26-18-9-5-6-16(14-18)19-15-20(27-22-19)21(25)24-12-10-23(11-13-24)17-7-3-2-4-8-17/h2-9,14,20H,10-13,15H2,1H3/t20-/m0/s1. The fourth-order valence-electron chi connectivity index (χ4n) is 3.51. The second-order valence-corrected chi connectivity index (χ2v) is 6.72. The quantitative estimate of drug-likeness (QED) is 0.836. The number of hydrogen-bond acceptors (Lipinski definition) is 5. The molecule has 1 saturated heterocycles. The number of amides is 1. The summed E-state index contributed by atoms with van der Waals surface area (Å²) in [7, 11) is 1.63. The first-order valence-corrected chi connectivity index (χ1v) is 9.20. The molecule has 0 bridgehead atoms. The summed E-state index contributed by atoms with van der Waals surface area (Å²) in [5.74, 6) is 0.784. The first-order chi connectivity index (χ1) is 13.2. The smallest absolute Gasteiger partial charge is 0.267 e. The van der Waals surface area contributed by atoms with Gasteiger partial charge >= 0.3 is 0 Å². The lowest BCUT2D eigenvalue weighted by atomic mass is 10.0. The molecule has 2 aliphatic rings. The maximum absolute atomic E-state index is 12.8. The van der Waals surface area contributed by atoms with Crippen molar-refractivity contribution in [3.8, 4) is 5.75 Å². The number of carbonyl (C=O) groups excluding carboxylic acids is 1. The Hall–Kier alpha value is -3.02. The molecule has 0 aliphatic carbocycles. The highest BCUT2D eigenvalue weighted by Gasteiger charge is 2.33. The zero-order chi connectivity index (χ0) is 18.6. The van der Waals surface area contributed by atoms with Crippen molar-refractivity contribution in [2.75, 3.05) is 38.2 Å². The Bertz CT molecular complexity index is 830. The molecule has 0 spiro atoms. The van der Waals surface area contributed by atoms with Gasteiger partial charge in [-0.1, -0.05) is 35.5 Å². The normalized spacial score (nSPS) is 19.4. The van der Waals surface area contributed by atoms with Crippen molar-refractivity contribution >= 4 is 17.3 Å². The van der Waals surface area contributed by atoms with E-state index in [-0.39, 0.29) is 5.91 Å². The zero-order valence-corrected chi connectivity index (χ0v) is 15.4. The molecule has 0 unspecified atom stereocenters. The summed E-state index contributed by atoms with van der Waals surface area (Å²) in [6, 6.07) is 18.0. The van der Waals surface area contributed by atoms with Crippen LogP contribution in [0.15, 0.2) is 59.8 Å². The number of nitrogens with zero attached hydrogens (tertiary/aromatic N) is 3. The Morgan fingerprint density at radius 2 is 1.85 bits per heavy atom. The number of anilines is 1. The van der Waals surface area contributed by atoms with Crippen molar-refractivity contribution in [3.63, 3.8) is 0 Å². The minimum Gasteiger partial charge on any atom is -0.497 e. The second kappa shape index (κ2) is 7.70. The minimum absolute atomic E-state index is 0.0179. The van der Waals surface area contributed by atoms with Crippen LogP contribution in [0.25, 0.3) is 0 Å². The van der Waals surface area contributed by atoms with Crippen LogP contribution >= 0.6 is 0 Å². The van der Waals surface area contributed by atoms with Gasteiger partial charge in [0, 0.05) is 43.9 Å². The summed E-state index contributed by atoms with van der Waals surface area (Å²) in [5.41, 5.74) is 2.92. The molecular formula is C21H23N3O3. The molecule has 6 heteroatoms. The molecular weight excluding hydrogens is 342 g/mol. The summed E-state index contributed by atoms with van der Waals surface area (Å²) in [5, 5.41) is 4.14. The molecule has 6 nitrogen and oxygen atoms in total. The Kier molecular flexibility index (Phi) is 4.96. The lowest BCUT2D eigenvalue weighted by Gasteiger charge is -2.36. The lowest BCUT2D eigenvalue weighted by molar-refractivity contribution is -0.142. The van der Waals surface area contributed by atoms with E-state index in [1.54, 1.807) is 7.11 Å². The molecule has 0 saturated carbocycles. The third kappa shape index (κ3) is 3.74. The fraction of sp³-hybridized carbons (Fsp3) is 0.333. The van der Waals surface area contributed by atoms with Crippen LogP contribution in [-0.4, -0.2) is 55.9 Å². The van der Waals surface area contributed by atoms with E-state index in [4.69, 9.17) is 9.57 Å². The molecule has 2 aromatic carbocycles. The maximum Gasteiger partial charge on any atom is 0.267 e. The Labute approximate surface area is 159 Å². The number of para-hydroxylation sites is 1. The average molecular weight is 365 g/mol. The van der Waals surface area contributed by atoms with Crippen LogP contribution in [0.2, 0.25) is 0 Å². The summed E-state index contributed by atoms with van der Waals surface area (Å²) in [6.45, 7) is 3.04. The number of carbonyl (C=O) groups is 1. The Balaban J connectivity index is 1.34. The van der Waals surface area contributed by atoms with Gasteiger partial charge in [-0.25, -0.2) is 0 Å². The molecule has 1 atom stereocenters. The van der Waals surface area contributed by atoms with Gasteiger partial charge in [0.05, 0.1) is 12.8 Å². The predicted octanol–water partition coefficient (Wildman–Crippen LogP) is 2.54. The van der Waals surface area contributed by atoms with E-state index in [2.05, 4.69) is 22.2 Å². The van der Waals surface area contributed by atoms with Gasteiger partial charge in [-0.3, -0.25) is 4.79 Å². The first kappa shape index (κ1) is 17.4. The average Bonchev–Trinajstić information content (AvgIpc) is 3.24. The number of hydrogen-bond donors (Lipinski definition) is 0. The molecule has 140 valence electrons. The Morgan fingerprint density at radius 3 is 2.59 bits per heavy atom. The number of benzene rings is 2. The van der Waals surface area contributed by atoms with Crippen molar-refractivity contribution in [1.82, 2.24) is 4.90 Å². The van der Waals surface area contributed by atoms with Crippen LogP contribution < -0.4 is 9.64 Å². The molecule has 0 N–H and O–H groups in total. The number of oxime groups is 1. The van der Waals surface area contributed by atoms with Crippen LogP contribution in [0.3, 0.4) is 0 Å². The van der Waals surface area contributed by atoms with Gasteiger partial charge in [0.2, 0.25) is 6.10 Å². The summed E-state index contributed by atoms with van der Waals surface area (Å²) in [4.78, 5) is 22.5. The highest BCUT2D eigenvalue weighted by atomic mass is 16.6. The van der Waals surface area contributed by atoms with Crippen molar-refractivity contribution in [3.05, 3.63) is 60.2 Å². The van der Waals surface area contributed by atoms with Crippen molar-refractivity contribution in [2.24, 2.45) is 5.16 Å². The number of methoxy groups -OCH3 is 1. The molecule has 2 aliphatic heterocycles. The minimum atomic E-state index is -0.533. The first-order valence-electron chi connectivity index (χ1n) is 9.20. The van der Waals surface area contributed by atoms with E-state index in [0.717, 1.165) is 30.1 Å². The SMILES string of the molecule is COc1cccc(C2=NO[C@H](C(=O)N3CCN(c4ccccc4)CC3)C2)c1. The van der Waals surface area contributed by atoms with E-state index in [1.807, 2.05) is 47.4 Å². The number of piperazine rings is 1. The van der Waals surface area contributed by atoms with Gasteiger partial charge < -0.3 is 19.4 Å². The molecule has 2 aromatic rings. The lowest BCUT2D eigenvalue weighted by Crippen LogP contribution is -2.51. The van der Waals surface area contributed by atoms with Crippen molar-refractivity contribution in [2.45, 2.75) is 12.5 Å². The highest BCUT2D eigenvalue weighted by Crippen LogP contribution is 2.22. The van der Waals surface area contributed by atoms with Gasteiger partial charge in [0.15, 0.2) is 0 Å². The van der Waals surface area contributed by atoms with Crippen molar-refractivity contribution in [1.29, 1.82) is 0 Å². The summed E-state index contributed by atoms with van der Waals surface area (Å²) >= 11 is 0. The van der Waals surface area contributed by atoms with E-state index in [9.17, 15) is 4.79 Å². The van der Waals surface area contributed by atoms with Gasteiger partial charge in [-0.15, -0.1) is 0 Å². The third-order valence-electron chi connectivity index (χ3n) is 5.06. The Morgan fingerprint density at radius 1 is 1.07 bits per heavy atom. The van der Waals surface area contributed by atoms with Crippen LogP contribution in [-0.2, 0) is 9.63 Å². The predicted molar refractivity (Wildman–Crippen MR) is 104 cm³/mol. The van der Waals surface area contributed by atoms with E-state index in [1.165, 1.54) is 5.69 Å². The fourth-order valence-corrected chi connectivity index (χ4v) is 3.51. The molecule has 2 heterocycles. The highest BCUT2D eigenvalue weighted by molar-refractivity contribution is 6.04. The molecule has 4 rings (SSSR count). The van der Waals surface area contributed by atoms with Crippen LogP contribution in [0.4, 0.5) is 5.69 Å². The van der Waals surface area contributed by atoms with E-state index in [0.29, 0.717) is 19.5 Å². The van der Waals surface area contributed by atoms with Crippen LogP contribution in [0.5, 0.6) is 5.75 Å². The van der Waals surface area contributed by atoms with Crippen molar-refractivity contribution < 1.29 is 14.4 Å². The molecule has 0 radical (unpaired) electrons. The van der Waals surface area contributed by atoms with Gasteiger partial charge in [0.25, 0.3) is 5.91 Å². The molecule has 0 aromatic heterocycles. The zero-order valence-electron chi connectivity index (χ0n) is 15.4. The summed E-state index contributed by atoms with van der Waals surface area (Å²) in [6.07, 6.45) is -0.0419. The number of ether oxygens (including phenoxy) is 1. The molecule has 27 heavy (non-hydrogen) atoms. The number of rotatable bonds is 4. The largest absolute Gasteiger partial charge is 0.497 e. The topological polar surface area (TPSA) is 54.4 Å². The molecule has 1 amide bonds. The maximum atomic E-state index is 12.8. The van der Waals surface area contributed by atoms with Gasteiger partial charge in [-0.2, -0.15) is 0 Å². The van der Waals surface area contributed by atoms with Crippen LogP contribution in [0, 0.1) is 0 Å². The molecule has 1 fully saturated rings. The summed E-state index contributed by atoms with van der Waals surface area (Å²) < 4.78 is 5.25. The van der Waals surface area contributed by atoms with E-state index >= 15 is 0 Å². The second-order valence-electron chi connectivity index (χ2n) is 6.72. The monoisotopic (exact) mass is 365 g/mol. The van der Waals surface area contributed by atoms with Gasteiger partial charge in [-0.05, 0) is 24.3 Å². The van der Waals surface area contributed by atoms with E-state index < -0.39 is 6.10 Å². The van der Waals surface area contributed by atoms with Gasteiger partial charge in [0.1, 0.15) is 5.75 Å². The third-order valence-corrected chi connectivity index (χ3v) is 5.06. The van der Waals surface area contributed by atoms with Crippen LogP contribution in [0.1, 0.15) is 12.0 Å².